The molecule has 176 valence electrons. The maximum atomic E-state index is 12.4. The molecule has 1 aliphatic heterocycles. The molecule has 1 aromatic carbocycles. The topological polar surface area (TPSA) is 189 Å². The molecule has 3 amide bonds. The van der Waals surface area contributed by atoms with Gasteiger partial charge in [-0.15, -0.1) is 0 Å². The van der Waals surface area contributed by atoms with Crippen LogP contribution in [0.2, 0.25) is 0 Å². The minimum Gasteiger partial charge on any atom is -0.550 e. The number of aliphatic carboxylic acids is 1. The number of rotatable bonds is 7. The first kappa shape index (κ1) is 26.4. The number of nitrogens with zero attached hydrogens (tertiary/aromatic N) is 1. The van der Waals surface area contributed by atoms with E-state index in [-0.39, 0.29) is 44.0 Å². The Bertz CT molecular complexity index is 822. The Balaban J connectivity index is 0.00000118. The van der Waals surface area contributed by atoms with Crippen molar-refractivity contribution in [2.45, 2.75) is 45.9 Å². The van der Waals surface area contributed by atoms with Crippen LogP contribution in [0.15, 0.2) is 24.3 Å². The zero-order valence-corrected chi connectivity index (χ0v) is 18.3. The average Bonchev–Trinajstić information content (AvgIpc) is 2.68. The van der Waals surface area contributed by atoms with Gasteiger partial charge in [0.15, 0.2) is 0 Å². The number of carboxylic acids is 1. The Morgan fingerprint density at radius 1 is 1.31 bits per heavy atom. The van der Waals surface area contributed by atoms with Gasteiger partial charge in [-0.1, -0.05) is 12.1 Å². The maximum absolute atomic E-state index is 12.4. The van der Waals surface area contributed by atoms with Gasteiger partial charge in [-0.25, -0.2) is 15.2 Å². The van der Waals surface area contributed by atoms with Crippen molar-refractivity contribution in [3.05, 3.63) is 35.4 Å². The van der Waals surface area contributed by atoms with E-state index in [2.05, 4.69) is 10.7 Å². The summed E-state index contributed by atoms with van der Waals surface area (Å²) in [6.07, 6.45) is -2.17. The lowest BCUT2D eigenvalue weighted by Crippen LogP contribution is -2.56. The van der Waals surface area contributed by atoms with Gasteiger partial charge in [0, 0.05) is 12.5 Å². The van der Waals surface area contributed by atoms with Crippen LogP contribution in [0.3, 0.4) is 0 Å². The first-order chi connectivity index (χ1) is 15.0. The summed E-state index contributed by atoms with van der Waals surface area (Å²) in [5.74, 6) is -1.71. The van der Waals surface area contributed by atoms with Crippen LogP contribution >= 0.6 is 0 Å². The molecule has 12 nitrogen and oxygen atoms in total. The van der Waals surface area contributed by atoms with Gasteiger partial charge in [-0.3, -0.25) is 20.7 Å². The molecule has 2 rings (SSSR count). The third-order valence-corrected chi connectivity index (χ3v) is 3.89. The fourth-order valence-corrected chi connectivity index (χ4v) is 2.51. The second kappa shape index (κ2) is 12.9. The quantitative estimate of drug-likeness (QED) is 0.252. The van der Waals surface area contributed by atoms with Crippen LogP contribution in [0.25, 0.3) is 0 Å². The monoisotopic (exact) mass is 451 g/mol. The van der Waals surface area contributed by atoms with E-state index in [4.69, 9.17) is 30.5 Å². The van der Waals surface area contributed by atoms with E-state index in [1.807, 2.05) is 0 Å². The number of morpholine rings is 1. The highest BCUT2D eigenvalue weighted by molar-refractivity contribution is 5.92. The number of hydrogen-bond acceptors (Lipinski definition) is 7. The van der Waals surface area contributed by atoms with E-state index in [0.29, 0.717) is 5.56 Å². The molecule has 0 saturated carbocycles. The van der Waals surface area contributed by atoms with Gasteiger partial charge in [0.2, 0.25) is 5.91 Å². The molecule has 1 aliphatic rings. The molecule has 0 unspecified atom stereocenters. The van der Waals surface area contributed by atoms with E-state index < -0.39 is 24.1 Å². The van der Waals surface area contributed by atoms with Gasteiger partial charge >= 0.3 is 6.09 Å². The molecule has 0 bridgehead atoms. The summed E-state index contributed by atoms with van der Waals surface area (Å²) >= 11 is 0. The highest BCUT2D eigenvalue weighted by atomic mass is 16.6. The highest BCUT2D eigenvalue weighted by Gasteiger charge is 2.32. The summed E-state index contributed by atoms with van der Waals surface area (Å²) in [6.45, 7) is 5.03. The molecule has 1 heterocycles. The van der Waals surface area contributed by atoms with Crippen molar-refractivity contribution in [2.24, 2.45) is 5.73 Å². The summed E-state index contributed by atoms with van der Waals surface area (Å²) in [4.78, 5) is 45.1. The van der Waals surface area contributed by atoms with Crippen molar-refractivity contribution in [3.8, 4) is 0 Å². The molecular weight excluding hydrogens is 422 g/mol. The molecule has 0 aromatic heterocycles. The SMILES string of the molecule is CC(=O)[O-].CC(C)OC(=O)NN1CCO[C@H](CC(=O)NCc2ccc(C(N)=[NH2+])cc2)C1=O. The Morgan fingerprint density at radius 2 is 1.91 bits per heavy atom. The lowest BCUT2D eigenvalue weighted by molar-refractivity contribution is -0.302. The summed E-state index contributed by atoms with van der Waals surface area (Å²) in [5.41, 5.74) is 9.44. The van der Waals surface area contributed by atoms with Crippen molar-refractivity contribution < 1.29 is 39.2 Å². The first-order valence-electron chi connectivity index (χ1n) is 9.81. The Kier molecular flexibility index (Phi) is 10.6. The van der Waals surface area contributed by atoms with Crippen LogP contribution < -0.4 is 27.0 Å². The number of nitrogens with one attached hydrogen (secondary N) is 2. The van der Waals surface area contributed by atoms with Crippen molar-refractivity contribution in [2.75, 3.05) is 13.2 Å². The minimum absolute atomic E-state index is 0.155. The van der Waals surface area contributed by atoms with Crippen molar-refractivity contribution in [3.63, 3.8) is 0 Å². The normalized spacial score (nSPS) is 15.3. The number of benzene rings is 1. The minimum atomic E-state index is -1.08. The zero-order valence-electron chi connectivity index (χ0n) is 18.3. The number of nitrogens with two attached hydrogens (primary N) is 2. The predicted molar refractivity (Wildman–Crippen MR) is 110 cm³/mol. The van der Waals surface area contributed by atoms with E-state index in [9.17, 15) is 14.4 Å². The lowest BCUT2D eigenvalue weighted by Gasteiger charge is -2.31. The average molecular weight is 451 g/mol. The van der Waals surface area contributed by atoms with Crippen molar-refractivity contribution >= 4 is 29.7 Å². The van der Waals surface area contributed by atoms with Crippen LogP contribution in [0.5, 0.6) is 0 Å². The molecule has 1 fully saturated rings. The van der Waals surface area contributed by atoms with Crippen molar-refractivity contribution in [1.82, 2.24) is 15.8 Å². The Hall–Kier alpha value is -3.67. The number of amides is 3. The largest absolute Gasteiger partial charge is 0.550 e. The molecular formula is C20H29N5O7. The summed E-state index contributed by atoms with van der Waals surface area (Å²) in [6, 6.07) is 7.10. The molecule has 12 heteroatoms. The molecule has 1 aromatic rings. The molecule has 6 N–H and O–H groups in total. The van der Waals surface area contributed by atoms with Crippen LogP contribution in [-0.4, -0.2) is 60.1 Å². The molecule has 0 radical (unpaired) electrons. The summed E-state index contributed by atoms with van der Waals surface area (Å²) in [5, 5.41) is 18.2. The van der Waals surface area contributed by atoms with Gasteiger partial charge < -0.3 is 24.7 Å². The summed E-state index contributed by atoms with van der Waals surface area (Å²) < 4.78 is 10.3. The van der Waals surface area contributed by atoms with E-state index in [1.54, 1.807) is 38.1 Å². The third-order valence-electron chi connectivity index (χ3n) is 3.89. The van der Waals surface area contributed by atoms with Gasteiger partial charge in [-0.05, 0) is 38.5 Å². The number of hydrogen-bond donors (Lipinski definition) is 4. The third kappa shape index (κ3) is 9.89. The molecule has 0 spiro atoms. The molecule has 32 heavy (non-hydrogen) atoms. The Labute approximate surface area is 185 Å². The van der Waals surface area contributed by atoms with Crippen LogP contribution in [-0.2, 0) is 30.4 Å². The summed E-state index contributed by atoms with van der Waals surface area (Å²) in [7, 11) is 0. The predicted octanol–water partition coefficient (Wildman–Crippen LogP) is -2.81. The van der Waals surface area contributed by atoms with Gasteiger partial charge in [0.25, 0.3) is 11.7 Å². The number of hydrazine groups is 1. The molecule has 1 atom stereocenters. The van der Waals surface area contributed by atoms with Crippen LogP contribution in [0, 0.1) is 0 Å². The zero-order chi connectivity index (χ0) is 24.3. The van der Waals surface area contributed by atoms with Gasteiger partial charge in [0.05, 0.1) is 31.2 Å². The molecule has 1 saturated heterocycles. The van der Waals surface area contributed by atoms with Crippen molar-refractivity contribution in [1.29, 1.82) is 0 Å². The van der Waals surface area contributed by atoms with E-state index >= 15 is 0 Å². The lowest BCUT2D eigenvalue weighted by atomic mass is 10.1. The fourth-order valence-electron chi connectivity index (χ4n) is 2.51. The second-order valence-electron chi connectivity index (χ2n) is 7.04. The number of carboxylic acid groups (broad SMARTS) is 1. The number of carbonyl (C=O) groups is 4. The highest BCUT2D eigenvalue weighted by Crippen LogP contribution is 2.10. The van der Waals surface area contributed by atoms with E-state index in [1.165, 1.54) is 0 Å². The van der Waals surface area contributed by atoms with Crippen LogP contribution in [0.1, 0.15) is 38.3 Å². The van der Waals surface area contributed by atoms with E-state index in [0.717, 1.165) is 17.5 Å². The number of ether oxygens (including phenoxy) is 2. The van der Waals surface area contributed by atoms with Crippen LogP contribution in [0.4, 0.5) is 4.79 Å². The van der Waals surface area contributed by atoms with Gasteiger partial charge in [0.1, 0.15) is 6.10 Å². The smallest absolute Gasteiger partial charge is 0.426 e. The second-order valence-corrected chi connectivity index (χ2v) is 7.04. The fraction of sp³-hybridized carbons (Fsp3) is 0.450. The number of amidine groups is 1. The maximum Gasteiger partial charge on any atom is 0.426 e. The first-order valence-corrected chi connectivity index (χ1v) is 9.81. The Morgan fingerprint density at radius 3 is 2.44 bits per heavy atom. The number of carbonyl (C=O) groups excluding carboxylic acids is 4. The standard InChI is InChI=1S/C18H25N5O5.C2H4O2/c1-11(2)28-18(26)22-23-7-8-27-14(17(23)25)9-15(24)21-10-12-3-5-13(6-4-12)16(19)20;1-2(3)4/h3-6,11,14H,7-10H2,1-2H3,(H3,19,20)(H,21,24)(H,22,26);1H3,(H,3,4)/t14-;/m1./s1. The molecule has 0 aliphatic carbocycles. The van der Waals surface area contributed by atoms with Gasteiger partial charge in [-0.2, -0.15) is 0 Å².